The van der Waals surface area contributed by atoms with E-state index in [1.807, 2.05) is 66.9 Å². The second-order valence-corrected chi connectivity index (χ2v) is 7.52. The van der Waals surface area contributed by atoms with Gasteiger partial charge in [-0.3, -0.25) is 4.79 Å². The van der Waals surface area contributed by atoms with Crippen molar-refractivity contribution in [2.45, 2.75) is 19.9 Å². The van der Waals surface area contributed by atoms with Crippen molar-refractivity contribution >= 4 is 12.0 Å². The Hall–Kier alpha value is -4.57. The molecule has 2 aromatic carbocycles. The Balaban J connectivity index is 1.67. The summed E-state index contributed by atoms with van der Waals surface area (Å²) in [7, 11) is 0. The van der Waals surface area contributed by atoms with Crippen LogP contribution in [-0.2, 0) is 11.3 Å². The Labute approximate surface area is 197 Å². The third-order valence-electron chi connectivity index (χ3n) is 5.03. The second-order valence-electron chi connectivity index (χ2n) is 7.52. The SMILES string of the molecule is CCCOc1ccc(-c2nn(-c3ccccc3)cc2/C=C(/C#N)C(=O)NCc2ccco2)cc1. The van der Waals surface area contributed by atoms with E-state index in [2.05, 4.69) is 12.2 Å². The van der Waals surface area contributed by atoms with Gasteiger partial charge in [-0.15, -0.1) is 0 Å². The molecule has 0 saturated heterocycles. The van der Waals surface area contributed by atoms with Crippen LogP contribution in [0.5, 0.6) is 5.75 Å². The molecule has 1 amide bonds. The maximum absolute atomic E-state index is 12.7. The molecule has 0 unspecified atom stereocenters. The molecular formula is C27H24N4O3. The van der Waals surface area contributed by atoms with Gasteiger partial charge in [-0.1, -0.05) is 25.1 Å². The predicted molar refractivity (Wildman–Crippen MR) is 129 cm³/mol. The zero-order valence-electron chi connectivity index (χ0n) is 18.8. The van der Waals surface area contributed by atoms with E-state index < -0.39 is 5.91 Å². The van der Waals surface area contributed by atoms with Crippen LogP contribution in [0.3, 0.4) is 0 Å². The summed E-state index contributed by atoms with van der Waals surface area (Å²) in [5.41, 5.74) is 2.99. The minimum atomic E-state index is -0.486. The largest absolute Gasteiger partial charge is 0.494 e. The molecule has 4 aromatic rings. The molecule has 0 saturated carbocycles. The first-order valence-electron chi connectivity index (χ1n) is 11.0. The lowest BCUT2D eigenvalue weighted by molar-refractivity contribution is -0.117. The number of nitriles is 1. The van der Waals surface area contributed by atoms with Crippen molar-refractivity contribution in [3.63, 3.8) is 0 Å². The van der Waals surface area contributed by atoms with E-state index in [1.54, 1.807) is 22.9 Å². The Kier molecular flexibility index (Phi) is 7.21. The molecule has 1 N–H and O–H groups in total. The summed E-state index contributed by atoms with van der Waals surface area (Å²) >= 11 is 0. The number of nitrogens with zero attached hydrogens (tertiary/aromatic N) is 3. The van der Waals surface area contributed by atoms with Crippen molar-refractivity contribution in [2.24, 2.45) is 0 Å². The van der Waals surface area contributed by atoms with Gasteiger partial charge in [0.25, 0.3) is 5.91 Å². The van der Waals surface area contributed by atoms with Gasteiger partial charge in [-0.2, -0.15) is 10.4 Å². The molecule has 4 rings (SSSR count). The first-order chi connectivity index (χ1) is 16.7. The zero-order chi connectivity index (χ0) is 23.8. The number of carbonyl (C=O) groups is 1. The first-order valence-corrected chi connectivity index (χ1v) is 11.0. The molecule has 2 aromatic heterocycles. The molecule has 2 heterocycles. The van der Waals surface area contributed by atoms with Crippen LogP contribution >= 0.6 is 0 Å². The molecule has 0 aliphatic heterocycles. The lowest BCUT2D eigenvalue weighted by Gasteiger charge is -2.06. The van der Waals surface area contributed by atoms with Gasteiger partial charge >= 0.3 is 0 Å². The van der Waals surface area contributed by atoms with E-state index in [-0.39, 0.29) is 12.1 Å². The van der Waals surface area contributed by atoms with Crippen molar-refractivity contribution in [2.75, 3.05) is 6.61 Å². The molecule has 34 heavy (non-hydrogen) atoms. The van der Waals surface area contributed by atoms with Crippen LogP contribution < -0.4 is 10.1 Å². The molecule has 0 atom stereocenters. The van der Waals surface area contributed by atoms with Crippen LogP contribution in [0.4, 0.5) is 0 Å². The van der Waals surface area contributed by atoms with Crippen LogP contribution in [0.25, 0.3) is 23.0 Å². The van der Waals surface area contributed by atoms with Gasteiger partial charge in [0.05, 0.1) is 30.8 Å². The molecule has 0 aliphatic carbocycles. The second kappa shape index (κ2) is 10.8. The number of nitrogens with one attached hydrogen (secondary N) is 1. The maximum atomic E-state index is 12.7. The van der Waals surface area contributed by atoms with Crippen LogP contribution in [0.15, 0.2) is 89.2 Å². The average molecular weight is 453 g/mol. The highest BCUT2D eigenvalue weighted by atomic mass is 16.5. The summed E-state index contributed by atoms with van der Waals surface area (Å²) in [6, 6.07) is 22.8. The minimum absolute atomic E-state index is 0.0247. The van der Waals surface area contributed by atoms with Crippen molar-refractivity contribution in [1.29, 1.82) is 5.26 Å². The molecule has 0 fully saturated rings. The van der Waals surface area contributed by atoms with Crippen molar-refractivity contribution in [3.8, 4) is 28.8 Å². The highest BCUT2D eigenvalue weighted by Gasteiger charge is 2.15. The van der Waals surface area contributed by atoms with E-state index in [1.165, 1.54) is 6.26 Å². The quantitative estimate of drug-likeness (QED) is 0.280. The van der Waals surface area contributed by atoms with Gasteiger partial charge in [-0.25, -0.2) is 4.68 Å². The fourth-order valence-corrected chi connectivity index (χ4v) is 3.34. The number of rotatable bonds is 9. The maximum Gasteiger partial charge on any atom is 0.262 e. The zero-order valence-corrected chi connectivity index (χ0v) is 18.8. The standard InChI is InChI=1S/C27H24N4O3/c1-2-14-33-24-12-10-20(11-13-24)26-22(19-31(30-26)23-7-4-3-5-8-23)16-21(17-28)27(32)29-18-25-9-6-15-34-25/h3-13,15-16,19H,2,14,18H2,1H3,(H,29,32)/b21-16-. The number of para-hydroxylation sites is 1. The van der Waals surface area contributed by atoms with Crippen LogP contribution in [0.2, 0.25) is 0 Å². The van der Waals surface area contributed by atoms with Gasteiger partial charge in [0.1, 0.15) is 23.2 Å². The minimum Gasteiger partial charge on any atom is -0.494 e. The van der Waals surface area contributed by atoms with Gasteiger partial charge in [-0.05, 0) is 61.0 Å². The molecule has 0 spiro atoms. The number of benzene rings is 2. The summed E-state index contributed by atoms with van der Waals surface area (Å²) in [6.07, 6.45) is 5.83. The molecule has 0 radical (unpaired) electrons. The Morgan fingerprint density at radius 1 is 1.15 bits per heavy atom. The van der Waals surface area contributed by atoms with Crippen LogP contribution in [0, 0.1) is 11.3 Å². The molecule has 7 heteroatoms. The normalized spacial score (nSPS) is 11.1. The summed E-state index contributed by atoms with van der Waals surface area (Å²) in [5, 5.41) is 17.1. The van der Waals surface area contributed by atoms with Gasteiger partial charge < -0.3 is 14.5 Å². The van der Waals surface area contributed by atoms with E-state index in [4.69, 9.17) is 14.3 Å². The Bertz CT molecular complexity index is 1300. The number of amides is 1. The van der Waals surface area contributed by atoms with Crippen LogP contribution in [0.1, 0.15) is 24.7 Å². The third kappa shape index (κ3) is 5.43. The van der Waals surface area contributed by atoms with Crippen molar-refractivity contribution in [1.82, 2.24) is 15.1 Å². The van der Waals surface area contributed by atoms with E-state index >= 15 is 0 Å². The summed E-state index contributed by atoms with van der Waals surface area (Å²) in [5.74, 6) is 0.898. The lowest BCUT2D eigenvalue weighted by Crippen LogP contribution is -2.23. The Morgan fingerprint density at radius 2 is 1.94 bits per heavy atom. The number of hydrogen-bond donors (Lipinski definition) is 1. The van der Waals surface area contributed by atoms with Crippen molar-refractivity contribution in [3.05, 3.63) is 96.1 Å². The first kappa shape index (κ1) is 22.6. The summed E-state index contributed by atoms with van der Waals surface area (Å²) in [6.45, 7) is 2.90. The number of furan rings is 1. The van der Waals surface area contributed by atoms with E-state index in [0.29, 0.717) is 23.6 Å². The summed E-state index contributed by atoms with van der Waals surface area (Å²) in [4.78, 5) is 12.7. The monoisotopic (exact) mass is 452 g/mol. The molecule has 170 valence electrons. The Morgan fingerprint density at radius 3 is 2.62 bits per heavy atom. The van der Waals surface area contributed by atoms with Crippen LogP contribution in [-0.4, -0.2) is 22.3 Å². The predicted octanol–water partition coefficient (Wildman–Crippen LogP) is 5.14. The lowest BCUT2D eigenvalue weighted by atomic mass is 10.1. The van der Waals surface area contributed by atoms with E-state index in [0.717, 1.165) is 23.4 Å². The van der Waals surface area contributed by atoms with Gasteiger partial charge in [0.15, 0.2) is 0 Å². The number of ether oxygens (including phenoxy) is 1. The summed E-state index contributed by atoms with van der Waals surface area (Å²) < 4.78 is 12.7. The fraction of sp³-hybridized carbons (Fsp3) is 0.148. The van der Waals surface area contributed by atoms with Gasteiger partial charge in [0.2, 0.25) is 0 Å². The number of aromatic nitrogens is 2. The van der Waals surface area contributed by atoms with Gasteiger partial charge in [0, 0.05) is 17.3 Å². The smallest absolute Gasteiger partial charge is 0.262 e. The molecule has 0 aliphatic rings. The topological polar surface area (TPSA) is 93.1 Å². The molecular weight excluding hydrogens is 428 g/mol. The fourth-order valence-electron chi connectivity index (χ4n) is 3.34. The highest BCUT2D eigenvalue weighted by Crippen LogP contribution is 2.27. The number of hydrogen-bond acceptors (Lipinski definition) is 5. The number of carbonyl (C=O) groups excluding carboxylic acids is 1. The molecule has 0 bridgehead atoms. The average Bonchev–Trinajstić information content (AvgIpc) is 3.56. The third-order valence-corrected chi connectivity index (χ3v) is 5.03. The van der Waals surface area contributed by atoms with Crippen molar-refractivity contribution < 1.29 is 13.9 Å². The molecule has 7 nitrogen and oxygen atoms in total. The highest BCUT2D eigenvalue weighted by molar-refractivity contribution is 6.02. The van der Waals surface area contributed by atoms with E-state index in [9.17, 15) is 10.1 Å².